The second-order valence-corrected chi connectivity index (χ2v) is 4.85. The Kier molecular flexibility index (Phi) is 1.63. The van der Waals surface area contributed by atoms with E-state index >= 15 is 0 Å². The van der Waals surface area contributed by atoms with Gasteiger partial charge in [0.1, 0.15) is 4.75 Å². The predicted octanol–water partition coefficient (Wildman–Crippen LogP) is 1.75. The van der Waals surface area contributed by atoms with E-state index in [0.29, 0.717) is 5.92 Å². The van der Waals surface area contributed by atoms with Crippen molar-refractivity contribution < 1.29 is 9.90 Å². The summed E-state index contributed by atoms with van der Waals surface area (Å²) in [4.78, 5) is 11.0. The maximum atomic E-state index is 11.0. The van der Waals surface area contributed by atoms with Crippen molar-refractivity contribution >= 4 is 17.7 Å². The van der Waals surface area contributed by atoms with Crippen molar-refractivity contribution in [3.63, 3.8) is 0 Å². The van der Waals surface area contributed by atoms with Crippen LogP contribution in [0.3, 0.4) is 0 Å². The molecule has 0 bridgehead atoms. The zero-order valence-electron chi connectivity index (χ0n) is 6.38. The van der Waals surface area contributed by atoms with Gasteiger partial charge in [0.05, 0.1) is 0 Å². The maximum Gasteiger partial charge on any atom is 0.320 e. The number of aliphatic carboxylic acids is 1. The molecular weight excluding hydrogens is 160 g/mol. The van der Waals surface area contributed by atoms with Gasteiger partial charge < -0.3 is 5.11 Å². The third-order valence-electron chi connectivity index (χ3n) is 2.65. The van der Waals surface area contributed by atoms with Crippen LogP contribution in [0.5, 0.6) is 0 Å². The number of hydrogen-bond acceptors (Lipinski definition) is 2. The van der Waals surface area contributed by atoms with E-state index in [1.54, 1.807) is 11.8 Å². The fraction of sp³-hybridized carbons (Fsp3) is 0.875. The molecule has 62 valence electrons. The Balaban J connectivity index is 2.17. The Labute approximate surface area is 70.4 Å². The molecule has 2 aliphatic rings. The van der Waals surface area contributed by atoms with E-state index in [4.69, 9.17) is 5.11 Å². The molecule has 11 heavy (non-hydrogen) atoms. The van der Waals surface area contributed by atoms with Gasteiger partial charge in [0.25, 0.3) is 0 Å². The minimum Gasteiger partial charge on any atom is -0.480 e. The van der Waals surface area contributed by atoms with Crippen LogP contribution in [-0.2, 0) is 4.79 Å². The van der Waals surface area contributed by atoms with Crippen LogP contribution in [0.1, 0.15) is 25.7 Å². The quantitative estimate of drug-likeness (QED) is 0.689. The molecule has 1 saturated heterocycles. The highest BCUT2D eigenvalue weighted by molar-refractivity contribution is 8.01. The van der Waals surface area contributed by atoms with Crippen molar-refractivity contribution in [2.24, 2.45) is 5.92 Å². The highest BCUT2D eigenvalue weighted by atomic mass is 32.2. The number of rotatable bonds is 2. The molecule has 1 saturated carbocycles. The van der Waals surface area contributed by atoms with E-state index in [2.05, 4.69) is 0 Å². The third kappa shape index (κ3) is 1.06. The zero-order valence-corrected chi connectivity index (χ0v) is 7.19. The Hall–Kier alpha value is -0.180. The molecular formula is C8H12O2S. The van der Waals surface area contributed by atoms with Gasteiger partial charge in [-0.15, -0.1) is 11.8 Å². The standard InChI is InChI=1S/C8H12O2S/c9-7(10)8(6-2-3-6)4-1-5-11-8/h6H,1-5H2,(H,9,10). The van der Waals surface area contributed by atoms with Crippen molar-refractivity contribution in [3.05, 3.63) is 0 Å². The van der Waals surface area contributed by atoms with Gasteiger partial charge in [-0.2, -0.15) is 0 Å². The fourth-order valence-corrected chi connectivity index (χ4v) is 3.41. The largest absolute Gasteiger partial charge is 0.480 e. The van der Waals surface area contributed by atoms with Gasteiger partial charge in [0, 0.05) is 0 Å². The fourth-order valence-electron chi connectivity index (χ4n) is 1.88. The molecule has 0 aromatic rings. The normalized spacial score (nSPS) is 37.5. The molecule has 0 radical (unpaired) electrons. The molecule has 0 aromatic heterocycles. The molecule has 1 unspecified atom stereocenters. The van der Waals surface area contributed by atoms with Gasteiger partial charge in [-0.1, -0.05) is 0 Å². The van der Waals surface area contributed by atoms with Gasteiger partial charge in [-0.25, -0.2) is 0 Å². The minimum atomic E-state index is -0.567. The van der Waals surface area contributed by atoms with Gasteiger partial charge in [-0.05, 0) is 37.4 Å². The lowest BCUT2D eigenvalue weighted by Gasteiger charge is -2.21. The highest BCUT2D eigenvalue weighted by Crippen LogP contribution is 2.53. The summed E-state index contributed by atoms with van der Waals surface area (Å²) in [5.41, 5.74) is 0. The van der Waals surface area contributed by atoms with Crippen LogP contribution in [0.4, 0.5) is 0 Å². The first-order valence-corrected chi connectivity index (χ1v) is 5.11. The maximum absolute atomic E-state index is 11.0. The summed E-state index contributed by atoms with van der Waals surface area (Å²) < 4.78 is -0.361. The van der Waals surface area contributed by atoms with E-state index in [9.17, 15) is 4.79 Å². The van der Waals surface area contributed by atoms with E-state index < -0.39 is 5.97 Å². The van der Waals surface area contributed by atoms with Gasteiger partial charge in [0.2, 0.25) is 0 Å². The molecule has 0 amide bonds. The monoisotopic (exact) mass is 172 g/mol. The molecule has 0 aromatic carbocycles. The van der Waals surface area contributed by atoms with E-state index in [1.807, 2.05) is 0 Å². The molecule has 1 heterocycles. The van der Waals surface area contributed by atoms with Crippen LogP contribution in [0.2, 0.25) is 0 Å². The van der Waals surface area contributed by atoms with Crippen molar-refractivity contribution in [1.29, 1.82) is 0 Å². The average Bonchev–Trinajstić information content (AvgIpc) is 2.69. The molecule has 2 rings (SSSR count). The molecule has 1 atom stereocenters. The van der Waals surface area contributed by atoms with Crippen molar-refractivity contribution in [2.45, 2.75) is 30.4 Å². The summed E-state index contributed by atoms with van der Waals surface area (Å²) in [6.07, 6.45) is 4.27. The topological polar surface area (TPSA) is 37.3 Å². The lowest BCUT2D eigenvalue weighted by atomic mass is 9.98. The van der Waals surface area contributed by atoms with Crippen molar-refractivity contribution in [2.75, 3.05) is 5.75 Å². The number of carboxylic acids is 1. The first-order chi connectivity index (χ1) is 5.26. The first kappa shape index (κ1) is 7.47. The Morgan fingerprint density at radius 1 is 1.55 bits per heavy atom. The van der Waals surface area contributed by atoms with Crippen LogP contribution < -0.4 is 0 Å². The average molecular weight is 172 g/mol. The van der Waals surface area contributed by atoms with Gasteiger partial charge >= 0.3 is 5.97 Å². The second-order valence-electron chi connectivity index (χ2n) is 3.42. The predicted molar refractivity (Wildman–Crippen MR) is 44.8 cm³/mol. The van der Waals surface area contributed by atoms with Crippen LogP contribution in [0.25, 0.3) is 0 Å². The summed E-state index contributed by atoms with van der Waals surface area (Å²) in [6, 6.07) is 0. The smallest absolute Gasteiger partial charge is 0.320 e. The summed E-state index contributed by atoms with van der Waals surface area (Å²) in [5.74, 6) is 0.970. The molecule has 1 aliphatic carbocycles. The van der Waals surface area contributed by atoms with Crippen LogP contribution >= 0.6 is 11.8 Å². The number of carboxylic acid groups (broad SMARTS) is 1. The van der Waals surface area contributed by atoms with Gasteiger partial charge in [-0.3, -0.25) is 4.79 Å². The highest BCUT2D eigenvalue weighted by Gasteiger charge is 2.53. The minimum absolute atomic E-state index is 0.361. The summed E-state index contributed by atoms with van der Waals surface area (Å²) in [6.45, 7) is 0. The van der Waals surface area contributed by atoms with E-state index in [0.717, 1.165) is 31.4 Å². The van der Waals surface area contributed by atoms with Crippen LogP contribution in [0, 0.1) is 5.92 Å². The van der Waals surface area contributed by atoms with Crippen molar-refractivity contribution in [3.8, 4) is 0 Å². The summed E-state index contributed by atoms with van der Waals surface area (Å²) in [5, 5.41) is 9.05. The molecule has 0 spiro atoms. The molecule has 2 fully saturated rings. The SMILES string of the molecule is O=C(O)C1(C2CC2)CCCS1. The summed E-state index contributed by atoms with van der Waals surface area (Å²) >= 11 is 1.67. The Bertz CT molecular complexity index is 181. The Morgan fingerprint density at radius 3 is 2.64 bits per heavy atom. The van der Waals surface area contributed by atoms with Crippen LogP contribution in [0.15, 0.2) is 0 Å². The van der Waals surface area contributed by atoms with Crippen molar-refractivity contribution in [1.82, 2.24) is 0 Å². The number of thioether (sulfide) groups is 1. The lowest BCUT2D eigenvalue weighted by Crippen LogP contribution is -2.34. The number of hydrogen-bond donors (Lipinski definition) is 1. The molecule has 3 heteroatoms. The Morgan fingerprint density at radius 2 is 2.27 bits per heavy atom. The third-order valence-corrected chi connectivity index (χ3v) is 4.37. The summed E-state index contributed by atoms with van der Waals surface area (Å²) in [7, 11) is 0. The lowest BCUT2D eigenvalue weighted by molar-refractivity contribution is -0.140. The van der Waals surface area contributed by atoms with Gasteiger partial charge in [0.15, 0.2) is 0 Å². The van der Waals surface area contributed by atoms with Crippen LogP contribution in [-0.4, -0.2) is 21.6 Å². The zero-order chi connectivity index (χ0) is 7.90. The second kappa shape index (κ2) is 2.41. The molecule has 1 aliphatic heterocycles. The number of carbonyl (C=O) groups is 1. The first-order valence-electron chi connectivity index (χ1n) is 4.13. The van der Waals surface area contributed by atoms with E-state index in [1.165, 1.54) is 0 Å². The molecule has 1 N–H and O–H groups in total. The molecule has 2 nitrogen and oxygen atoms in total. The van der Waals surface area contributed by atoms with E-state index in [-0.39, 0.29) is 4.75 Å².